The molecule has 0 aromatic heterocycles. The van der Waals surface area contributed by atoms with Gasteiger partial charge in [0.25, 0.3) is 0 Å². The predicted molar refractivity (Wildman–Crippen MR) is 104 cm³/mol. The molecular weight excluding hydrogens is 344 g/mol. The van der Waals surface area contributed by atoms with Crippen molar-refractivity contribution in [2.45, 2.75) is 53.1 Å². The lowest BCUT2D eigenvalue weighted by Crippen LogP contribution is -2.40. The highest BCUT2D eigenvalue weighted by Crippen LogP contribution is 2.36. The molecule has 2 heterocycles. The van der Waals surface area contributed by atoms with Crippen LogP contribution in [0.5, 0.6) is 5.75 Å². The summed E-state index contributed by atoms with van der Waals surface area (Å²) in [6.45, 7) is 11.8. The van der Waals surface area contributed by atoms with Gasteiger partial charge in [-0.2, -0.15) is 0 Å². The molecule has 0 N–H and O–H groups in total. The zero-order chi connectivity index (χ0) is 19.8. The highest BCUT2D eigenvalue weighted by molar-refractivity contribution is 5.96. The molecular formula is C21H30N2O4. The third kappa shape index (κ3) is 4.37. The van der Waals surface area contributed by atoms with Gasteiger partial charge in [0.15, 0.2) is 0 Å². The minimum atomic E-state index is -0.499. The summed E-state index contributed by atoms with van der Waals surface area (Å²) in [5.74, 6) is 0.820. The normalized spacial score (nSPS) is 17.0. The first-order valence-corrected chi connectivity index (χ1v) is 9.73. The molecule has 2 aliphatic rings. The molecule has 2 aliphatic heterocycles. The van der Waals surface area contributed by atoms with E-state index in [1.54, 1.807) is 4.90 Å². The van der Waals surface area contributed by atoms with Crippen molar-refractivity contribution < 1.29 is 19.1 Å². The van der Waals surface area contributed by atoms with E-state index in [0.29, 0.717) is 26.2 Å². The summed E-state index contributed by atoms with van der Waals surface area (Å²) in [5.41, 5.74) is 2.70. The van der Waals surface area contributed by atoms with Crippen LogP contribution in [0.2, 0.25) is 0 Å². The van der Waals surface area contributed by atoms with Crippen LogP contribution < -0.4 is 9.64 Å². The number of nitrogens with zero attached hydrogens (tertiary/aromatic N) is 2. The molecule has 0 spiro atoms. The number of amides is 2. The van der Waals surface area contributed by atoms with Crippen molar-refractivity contribution in [3.63, 3.8) is 0 Å². The molecule has 0 aliphatic carbocycles. The van der Waals surface area contributed by atoms with Crippen molar-refractivity contribution in [3.05, 3.63) is 23.3 Å². The third-order valence-corrected chi connectivity index (χ3v) is 4.86. The lowest BCUT2D eigenvalue weighted by Gasteiger charge is -2.31. The molecule has 0 atom stereocenters. The highest BCUT2D eigenvalue weighted by atomic mass is 16.6. The summed E-state index contributed by atoms with van der Waals surface area (Å²) in [4.78, 5) is 28.6. The fraction of sp³-hybridized carbons (Fsp3) is 0.619. The topological polar surface area (TPSA) is 59.1 Å². The third-order valence-electron chi connectivity index (χ3n) is 4.86. The maximum Gasteiger partial charge on any atom is 0.410 e. The van der Waals surface area contributed by atoms with E-state index in [0.717, 1.165) is 24.3 Å². The molecule has 6 heteroatoms. The highest BCUT2D eigenvalue weighted by Gasteiger charge is 2.29. The summed E-state index contributed by atoms with van der Waals surface area (Å²) in [7, 11) is 0. The number of carbonyl (C=O) groups is 2. The Balaban J connectivity index is 1.82. The maximum absolute atomic E-state index is 12.6. The first-order valence-electron chi connectivity index (χ1n) is 9.73. The van der Waals surface area contributed by atoms with E-state index in [1.165, 1.54) is 11.1 Å². The smallest absolute Gasteiger partial charge is 0.410 e. The van der Waals surface area contributed by atoms with Crippen molar-refractivity contribution >= 4 is 17.7 Å². The van der Waals surface area contributed by atoms with Gasteiger partial charge in [-0.3, -0.25) is 4.79 Å². The Bertz CT molecular complexity index is 736. The minimum Gasteiger partial charge on any atom is -0.490 e. The number of fused-ring (bicyclic) bond motifs is 2. The average molecular weight is 374 g/mol. The monoisotopic (exact) mass is 374 g/mol. The first kappa shape index (κ1) is 19.5. The number of anilines is 1. The summed E-state index contributed by atoms with van der Waals surface area (Å²) in [6, 6.07) is 4.12. The van der Waals surface area contributed by atoms with E-state index in [4.69, 9.17) is 9.47 Å². The number of ether oxygens (including phenoxy) is 2. The van der Waals surface area contributed by atoms with Crippen molar-refractivity contribution in [2.75, 3.05) is 31.1 Å². The summed E-state index contributed by atoms with van der Waals surface area (Å²) >= 11 is 0. The molecule has 2 amide bonds. The van der Waals surface area contributed by atoms with Crippen molar-refractivity contribution in [1.29, 1.82) is 0 Å². The summed E-state index contributed by atoms with van der Waals surface area (Å²) in [6.07, 6.45) is 1.22. The van der Waals surface area contributed by atoms with E-state index in [-0.39, 0.29) is 17.9 Å². The quantitative estimate of drug-likeness (QED) is 0.756. The van der Waals surface area contributed by atoms with E-state index in [1.807, 2.05) is 45.6 Å². The van der Waals surface area contributed by atoms with Gasteiger partial charge < -0.3 is 19.3 Å². The molecule has 27 heavy (non-hydrogen) atoms. The Morgan fingerprint density at radius 2 is 1.70 bits per heavy atom. The van der Waals surface area contributed by atoms with Gasteiger partial charge in [0.1, 0.15) is 18.0 Å². The van der Waals surface area contributed by atoms with E-state index in [2.05, 4.69) is 6.07 Å². The molecule has 0 fully saturated rings. The van der Waals surface area contributed by atoms with Crippen molar-refractivity contribution in [1.82, 2.24) is 4.90 Å². The van der Waals surface area contributed by atoms with Gasteiger partial charge >= 0.3 is 6.09 Å². The van der Waals surface area contributed by atoms with Crippen LogP contribution in [0.4, 0.5) is 10.5 Å². The fourth-order valence-electron chi connectivity index (χ4n) is 3.49. The van der Waals surface area contributed by atoms with Crippen molar-refractivity contribution in [2.24, 2.45) is 5.92 Å². The van der Waals surface area contributed by atoms with Gasteiger partial charge in [-0.1, -0.05) is 13.8 Å². The van der Waals surface area contributed by atoms with E-state index in [9.17, 15) is 9.59 Å². The second kappa shape index (κ2) is 7.41. The molecule has 1 aromatic carbocycles. The summed E-state index contributed by atoms with van der Waals surface area (Å²) in [5, 5.41) is 0. The Labute approximate surface area is 161 Å². The lowest BCUT2D eigenvalue weighted by atomic mass is 10.00. The zero-order valence-electron chi connectivity index (χ0n) is 17.0. The van der Waals surface area contributed by atoms with Crippen LogP contribution in [0, 0.1) is 5.92 Å². The maximum atomic E-state index is 12.6. The number of hydrogen-bond donors (Lipinski definition) is 0. The van der Waals surface area contributed by atoms with Gasteiger partial charge in [-0.05, 0) is 56.9 Å². The Kier molecular flexibility index (Phi) is 5.36. The standard InChI is InChI=1S/C21H30N2O4/c1-14(2)19(24)23-10-11-26-18-13-16-7-9-22(20(25)27-21(3,4)5)8-6-15(16)12-17(18)23/h12-14H,6-11H2,1-5H3. The Morgan fingerprint density at radius 3 is 2.30 bits per heavy atom. The molecule has 3 rings (SSSR count). The Hall–Kier alpha value is -2.24. The molecule has 1 aromatic rings. The molecule has 0 bridgehead atoms. The zero-order valence-corrected chi connectivity index (χ0v) is 17.0. The van der Waals surface area contributed by atoms with Crippen LogP contribution in [0.1, 0.15) is 45.7 Å². The molecule has 148 valence electrons. The van der Waals surface area contributed by atoms with Gasteiger partial charge in [0.2, 0.25) is 5.91 Å². The van der Waals surface area contributed by atoms with Crippen LogP contribution in [-0.2, 0) is 22.4 Å². The van der Waals surface area contributed by atoms with Gasteiger partial charge in [-0.15, -0.1) is 0 Å². The van der Waals surface area contributed by atoms with E-state index >= 15 is 0 Å². The first-order chi connectivity index (χ1) is 12.7. The SMILES string of the molecule is CC(C)C(=O)N1CCOc2cc3c(cc21)CCN(C(=O)OC(C)(C)C)CC3. The van der Waals surface area contributed by atoms with Crippen LogP contribution in [0.15, 0.2) is 12.1 Å². The lowest BCUT2D eigenvalue weighted by molar-refractivity contribution is -0.121. The van der Waals surface area contributed by atoms with Crippen LogP contribution in [0.3, 0.4) is 0 Å². The fourth-order valence-corrected chi connectivity index (χ4v) is 3.49. The Morgan fingerprint density at radius 1 is 1.07 bits per heavy atom. The molecule has 0 unspecified atom stereocenters. The van der Waals surface area contributed by atoms with Crippen molar-refractivity contribution in [3.8, 4) is 5.75 Å². The van der Waals surface area contributed by atoms with Gasteiger partial charge in [0.05, 0.1) is 12.2 Å². The molecule has 0 saturated heterocycles. The predicted octanol–water partition coefficient (Wildman–Crippen LogP) is 3.40. The van der Waals surface area contributed by atoms with E-state index < -0.39 is 5.60 Å². The second-order valence-electron chi connectivity index (χ2n) is 8.55. The largest absolute Gasteiger partial charge is 0.490 e. The number of benzene rings is 1. The summed E-state index contributed by atoms with van der Waals surface area (Å²) < 4.78 is 11.3. The van der Waals surface area contributed by atoms with Crippen LogP contribution in [-0.4, -0.2) is 48.7 Å². The molecule has 0 radical (unpaired) electrons. The van der Waals surface area contributed by atoms with Gasteiger partial charge in [0, 0.05) is 19.0 Å². The number of rotatable bonds is 1. The van der Waals surface area contributed by atoms with Gasteiger partial charge in [-0.25, -0.2) is 4.79 Å². The average Bonchev–Trinajstić information content (AvgIpc) is 2.79. The number of hydrogen-bond acceptors (Lipinski definition) is 4. The minimum absolute atomic E-state index is 0.0579. The molecule has 0 saturated carbocycles. The number of carbonyl (C=O) groups excluding carboxylic acids is 2. The second-order valence-corrected chi connectivity index (χ2v) is 8.55. The van der Waals surface area contributed by atoms with Crippen LogP contribution >= 0.6 is 0 Å². The molecule has 6 nitrogen and oxygen atoms in total. The van der Waals surface area contributed by atoms with Crippen LogP contribution in [0.25, 0.3) is 0 Å².